The number of ether oxygens (including phenoxy) is 1. The molecule has 0 heterocycles. The number of carbonyl (C=O) groups excluding carboxylic acids is 3. The molecule has 0 bridgehead atoms. The van der Waals surface area contributed by atoms with Crippen molar-refractivity contribution in [1.82, 2.24) is 0 Å². The van der Waals surface area contributed by atoms with Crippen LogP contribution in [0, 0.1) is 44.6 Å². The molecule has 4 aliphatic carbocycles. The zero-order valence-electron chi connectivity index (χ0n) is 20.0. The quantitative estimate of drug-likeness (QED) is 0.244. The van der Waals surface area contributed by atoms with Crippen molar-refractivity contribution in [3.8, 4) is 0 Å². The van der Waals surface area contributed by atoms with E-state index >= 15 is 0 Å². The van der Waals surface area contributed by atoms with Crippen molar-refractivity contribution in [3.63, 3.8) is 0 Å². The molecular formula is C25H35NO8. The SMILES string of the molecule is CC12CCC(=O)C=C1CCC1C2C(O)CC2(C)C(C(=O)COC(=O)CCCO[N+](=O)[O-])CCC12. The van der Waals surface area contributed by atoms with E-state index in [4.69, 9.17) is 4.74 Å². The third-order valence-electron chi connectivity index (χ3n) is 9.38. The Morgan fingerprint density at radius 1 is 1.24 bits per heavy atom. The minimum Gasteiger partial charge on any atom is -0.458 e. The molecule has 0 aromatic carbocycles. The van der Waals surface area contributed by atoms with Crippen LogP contribution in [0.4, 0.5) is 0 Å². The first kappa shape index (κ1) is 24.8. The molecule has 3 saturated carbocycles. The number of esters is 1. The molecule has 9 heteroatoms. The van der Waals surface area contributed by atoms with Crippen LogP contribution in [-0.2, 0) is 24.0 Å². The topological polar surface area (TPSA) is 133 Å². The van der Waals surface area contributed by atoms with Crippen LogP contribution in [0.3, 0.4) is 0 Å². The number of aliphatic hydroxyl groups is 1. The van der Waals surface area contributed by atoms with E-state index in [1.54, 1.807) is 0 Å². The molecular weight excluding hydrogens is 442 g/mol. The van der Waals surface area contributed by atoms with Gasteiger partial charge < -0.3 is 14.7 Å². The number of hydrogen-bond acceptors (Lipinski definition) is 8. The molecule has 7 atom stereocenters. The van der Waals surface area contributed by atoms with Crippen LogP contribution in [0.25, 0.3) is 0 Å². The number of allylic oxidation sites excluding steroid dienone is 1. The Hall–Kier alpha value is -2.29. The van der Waals surface area contributed by atoms with E-state index in [1.165, 1.54) is 5.57 Å². The molecule has 0 spiro atoms. The van der Waals surface area contributed by atoms with Gasteiger partial charge in [-0.15, -0.1) is 10.1 Å². The molecule has 0 aliphatic heterocycles. The van der Waals surface area contributed by atoms with Crippen LogP contribution in [0.5, 0.6) is 0 Å². The monoisotopic (exact) mass is 477 g/mol. The highest BCUT2D eigenvalue weighted by atomic mass is 16.9. The Labute approximate surface area is 199 Å². The lowest BCUT2D eigenvalue weighted by Gasteiger charge is -2.59. The van der Waals surface area contributed by atoms with Gasteiger partial charge in [0, 0.05) is 18.8 Å². The van der Waals surface area contributed by atoms with Crippen LogP contribution >= 0.6 is 0 Å². The molecule has 4 aliphatic rings. The highest BCUT2D eigenvalue weighted by molar-refractivity contribution is 5.91. The first-order chi connectivity index (χ1) is 16.1. The number of aliphatic hydroxyl groups excluding tert-OH is 1. The van der Waals surface area contributed by atoms with Gasteiger partial charge in [0.15, 0.2) is 11.6 Å². The van der Waals surface area contributed by atoms with Crippen molar-refractivity contribution in [2.45, 2.75) is 77.7 Å². The van der Waals surface area contributed by atoms with Crippen molar-refractivity contribution in [3.05, 3.63) is 21.8 Å². The van der Waals surface area contributed by atoms with Gasteiger partial charge in [0.05, 0.1) is 12.7 Å². The second-order valence-electron chi connectivity index (χ2n) is 11.1. The van der Waals surface area contributed by atoms with E-state index in [1.807, 2.05) is 6.08 Å². The third kappa shape index (κ3) is 4.39. The van der Waals surface area contributed by atoms with Gasteiger partial charge in [0.1, 0.15) is 6.61 Å². The van der Waals surface area contributed by atoms with Crippen molar-refractivity contribution in [2.75, 3.05) is 13.2 Å². The zero-order chi connectivity index (χ0) is 24.7. The number of nitrogens with zero attached hydrogens (tertiary/aromatic N) is 1. The summed E-state index contributed by atoms with van der Waals surface area (Å²) in [4.78, 5) is 51.4. The molecule has 9 nitrogen and oxygen atoms in total. The molecule has 0 aromatic heterocycles. The first-order valence-electron chi connectivity index (χ1n) is 12.4. The number of hydrogen-bond donors (Lipinski definition) is 1. The molecule has 0 radical (unpaired) electrons. The number of ketones is 2. The van der Waals surface area contributed by atoms with Crippen molar-refractivity contribution >= 4 is 17.5 Å². The van der Waals surface area contributed by atoms with Crippen molar-refractivity contribution in [1.29, 1.82) is 0 Å². The normalized spacial score (nSPS) is 38.7. The fraction of sp³-hybridized carbons (Fsp3) is 0.800. The van der Waals surface area contributed by atoms with Crippen molar-refractivity contribution in [2.24, 2.45) is 34.5 Å². The second kappa shape index (κ2) is 9.40. The van der Waals surface area contributed by atoms with Crippen LogP contribution < -0.4 is 0 Å². The molecule has 3 fully saturated rings. The Morgan fingerprint density at radius 3 is 2.74 bits per heavy atom. The lowest BCUT2D eigenvalue weighted by atomic mass is 9.46. The van der Waals surface area contributed by atoms with Gasteiger partial charge in [0.2, 0.25) is 0 Å². The van der Waals surface area contributed by atoms with Gasteiger partial charge in [-0.25, -0.2) is 0 Å². The van der Waals surface area contributed by atoms with Gasteiger partial charge in [0.25, 0.3) is 5.09 Å². The standard InChI is InChI=1S/C25H35NO8/c1-24-10-9-16(27)12-15(24)5-6-17-18-7-8-19(25(18,2)13-20(28)23(17)24)21(29)14-33-22(30)4-3-11-34-26(31)32/h12,17-20,23,28H,3-11,13-14H2,1-2H3. The number of carbonyl (C=O) groups is 3. The summed E-state index contributed by atoms with van der Waals surface area (Å²) in [5.74, 6) is -0.0334. The Bertz CT molecular complexity index is 899. The highest BCUT2D eigenvalue weighted by Crippen LogP contribution is 2.66. The highest BCUT2D eigenvalue weighted by Gasteiger charge is 2.62. The fourth-order valence-electron chi connectivity index (χ4n) is 7.90. The van der Waals surface area contributed by atoms with Gasteiger partial charge in [-0.05, 0) is 79.6 Å². The van der Waals surface area contributed by atoms with Gasteiger partial charge in [-0.2, -0.15) is 0 Å². The van der Waals surface area contributed by atoms with E-state index in [-0.39, 0.29) is 60.3 Å². The van der Waals surface area contributed by atoms with Crippen LogP contribution in [0.1, 0.15) is 71.6 Å². The first-order valence-corrected chi connectivity index (χ1v) is 12.4. The number of fused-ring (bicyclic) bond motifs is 5. The lowest BCUT2D eigenvalue weighted by Crippen LogP contribution is -2.57. The lowest BCUT2D eigenvalue weighted by molar-refractivity contribution is -0.757. The minimum absolute atomic E-state index is 0.0505. The minimum atomic E-state index is -0.910. The fourth-order valence-corrected chi connectivity index (χ4v) is 7.90. The maximum absolute atomic E-state index is 13.1. The molecule has 4 rings (SSSR count). The Balaban J connectivity index is 1.40. The van der Waals surface area contributed by atoms with E-state index in [2.05, 4.69) is 18.7 Å². The molecule has 0 saturated heterocycles. The van der Waals surface area contributed by atoms with Gasteiger partial charge >= 0.3 is 5.97 Å². The maximum atomic E-state index is 13.1. The molecule has 7 unspecified atom stereocenters. The average molecular weight is 478 g/mol. The molecule has 0 aromatic rings. The molecule has 1 N–H and O–H groups in total. The second-order valence-corrected chi connectivity index (χ2v) is 11.1. The number of Topliss-reactive ketones (excluding diaryl/α,β-unsaturated/α-hetero) is 1. The van der Waals surface area contributed by atoms with Crippen LogP contribution in [0.15, 0.2) is 11.6 Å². The molecule has 188 valence electrons. The third-order valence-corrected chi connectivity index (χ3v) is 9.38. The van der Waals surface area contributed by atoms with Crippen molar-refractivity contribution < 1.29 is 34.2 Å². The van der Waals surface area contributed by atoms with E-state index < -0.39 is 17.2 Å². The zero-order valence-corrected chi connectivity index (χ0v) is 20.0. The van der Waals surface area contributed by atoms with Crippen LogP contribution in [-0.4, -0.2) is 47.0 Å². The predicted octanol–water partition coefficient (Wildman–Crippen LogP) is 3.21. The van der Waals surface area contributed by atoms with E-state index in [9.17, 15) is 29.6 Å². The summed E-state index contributed by atoms with van der Waals surface area (Å²) < 4.78 is 5.16. The van der Waals surface area contributed by atoms with E-state index in [0.717, 1.165) is 32.1 Å². The summed E-state index contributed by atoms with van der Waals surface area (Å²) in [5, 5.41) is 20.6. The smallest absolute Gasteiger partial charge is 0.306 e. The van der Waals surface area contributed by atoms with Gasteiger partial charge in [-0.1, -0.05) is 19.4 Å². The predicted molar refractivity (Wildman–Crippen MR) is 120 cm³/mol. The van der Waals surface area contributed by atoms with E-state index in [0.29, 0.717) is 24.7 Å². The average Bonchev–Trinajstić information content (AvgIpc) is 3.11. The molecule has 34 heavy (non-hydrogen) atoms. The van der Waals surface area contributed by atoms with Gasteiger partial charge in [-0.3, -0.25) is 14.4 Å². The van der Waals surface area contributed by atoms with Crippen LogP contribution in [0.2, 0.25) is 0 Å². The summed E-state index contributed by atoms with van der Waals surface area (Å²) in [7, 11) is 0. The largest absolute Gasteiger partial charge is 0.458 e. The summed E-state index contributed by atoms with van der Waals surface area (Å²) in [6.45, 7) is 3.82. The summed E-state index contributed by atoms with van der Waals surface area (Å²) >= 11 is 0. The maximum Gasteiger partial charge on any atom is 0.306 e. The summed E-state index contributed by atoms with van der Waals surface area (Å²) in [6, 6.07) is 0. The summed E-state index contributed by atoms with van der Waals surface area (Å²) in [5.41, 5.74) is 0.689. The molecule has 0 amide bonds. The Kier molecular flexibility index (Phi) is 6.86. The Morgan fingerprint density at radius 2 is 2.00 bits per heavy atom. The summed E-state index contributed by atoms with van der Waals surface area (Å²) in [6.07, 6.45) is 6.68. The number of rotatable bonds is 8.